The maximum atomic E-state index is 12.8. The number of para-hydroxylation sites is 1. The number of aromatic nitrogens is 4. The monoisotopic (exact) mass is 375 g/mol. The number of rotatable bonds is 5. The van der Waals surface area contributed by atoms with Gasteiger partial charge in [0.25, 0.3) is 5.91 Å². The maximum absolute atomic E-state index is 12.8. The van der Waals surface area contributed by atoms with Crippen molar-refractivity contribution >= 4 is 22.4 Å². The lowest BCUT2D eigenvalue weighted by molar-refractivity contribution is 0.102. The molecule has 4 rings (SSSR count). The number of anilines is 1. The highest BCUT2D eigenvalue weighted by molar-refractivity contribution is 7.14. The van der Waals surface area contributed by atoms with Gasteiger partial charge in [-0.15, -0.1) is 11.3 Å². The topological polar surface area (TPSA) is 72.7 Å². The van der Waals surface area contributed by atoms with E-state index in [9.17, 15) is 4.79 Å². The first-order chi connectivity index (χ1) is 13.3. The summed E-state index contributed by atoms with van der Waals surface area (Å²) in [6.07, 6.45) is 5.77. The number of hydrogen-bond donors (Lipinski definition) is 1. The van der Waals surface area contributed by atoms with Crippen molar-refractivity contribution in [1.82, 2.24) is 19.7 Å². The summed E-state index contributed by atoms with van der Waals surface area (Å²) in [7, 11) is 0. The van der Waals surface area contributed by atoms with E-state index in [2.05, 4.69) is 20.4 Å². The van der Waals surface area contributed by atoms with Crippen LogP contribution in [0.15, 0.2) is 66.4 Å². The molecule has 134 valence electrons. The number of carbonyl (C=O) groups is 1. The molecule has 6 nitrogen and oxygen atoms in total. The molecule has 0 atom stereocenters. The second-order valence-electron chi connectivity index (χ2n) is 5.84. The van der Waals surface area contributed by atoms with Gasteiger partial charge in [0.15, 0.2) is 5.13 Å². The van der Waals surface area contributed by atoms with E-state index in [4.69, 9.17) is 0 Å². The van der Waals surface area contributed by atoms with Crippen molar-refractivity contribution in [3.63, 3.8) is 0 Å². The minimum atomic E-state index is -0.207. The molecule has 3 aromatic heterocycles. The Morgan fingerprint density at radius 2 is 2.00 bits per heavy atom. The summed E-state index contributed by atoms with van der Waals surface area (Å²) < 4.78 is 1.80. The molecule has 1 N–H and O–H groups in total. The first-order valence-corrected chi connectivity index (χ1v) is 9.44. The zero-order valence-corrected chi connectivity index (χ0v) is 15.5. The second kappa shape index (κ2) is 7.51. The van der Waals surface area contributed by atoms with Crippen molar-refractivity contribution in [2.75, 3.05) is 5.32 Å². The van der Waals surface area contributed by atoms with Crippen molar-refractivity contribution in [1.29, 1.82) is 0 Å². The Hall–Kier alpha value is -3.32. The van der Waals surface area contributed by atoms with Crippen molar-refractivity contribution in [3.05, 3.63) is 77.7 Å². The van der Waals surface area contributed by atoms with E-state index in [0.29, 0.717) is 17.1 Å². The molecule has 0 saturated carbocycles. The summed E-state index contributed by atoms with van der Waals surface area (Å²) in [6.45, 7) is 2.01. The first kappa shape index (κ1) is 17.1. The number of benzene rings is 1. The summed E-state index contributed by atoms with van der Waals surface area (Å²) >= 11 is 1.39. The molecule has 0 fully saturated rings. The van der Waals surface area contributed by atoms with Gasteiger partial charge in [-0.3, -0.25) is 15.1 Å². The Bertz CT molecular complexity index is 1060. The molecule has 4 aromatic rings. The van der Waals surface area contributed by atoms with Crippen LogP contribution in [0.4, 0.5) is 5.13 Å². The summed E-state index contributed by atoms with van der Waals surface area (Å²) in [6, 6.07) is 13.6. The van der Waals surface area contributed by atoms with Crippen molar-refractivity contribution in [3.8, 4) is 16.9 Å². The number of nitrogens with one attached hydrogen (secondary N) is 1. The number of nitrogens with zero attached hydrogens (tertiary/aromatic N) is 4. The van der Waals surface area contributed by atoms with Gasteiger partial charge < -0.3 is 0 Å². The quantitative estimate of drug-likeness (QED) is 0.567. The second-order valence-corrected chi connectivity index (χ2v) is 6.70. The molecule has 3 heterocycles. The van der Waals surface area contributed by atoms with E-state index in [-0.39, 0.29) is 5.91 Å². The van der Waals surface area contributed by atoms with Crippen LogP contribution in [0.25, 0.3) is 16.9 Å². The first-order valence-electron chi connectivity index (χ1n) is 8.56. The normalized spacial score (nSPS) is 10.7. The molecule has 0 aliphatic rings. The van der Waals surface area contributed by atoms with Gasteiger partial charge in [0.05, 0.1) is 28.8 Å². The molecule has 0 radical (unpaired) electrons. The fourth-order valence-corrected chi connectivity index (χ4v) is 3.55. The molecule has 0 spiro atoms. The number of pyridine rings is 1. The number of thiazole rings is 1. The Kier molecular flexibility index (Phi) is 4.76. The molecule has 1 aromatic carbocycles. The van der Waals surface area contributed by atoms with Crippen LogP contribution in [-0.2, 0) is 6.42 Å². The van der Waals surface area contributed by atoms with Crippen LogP contribution in [0.1, 0.15) is 23.0 Å². The van der Waals surface area contributed by atoms with E-state index in [0.717, 1.165) is 22.6 Å². The zero-order valence-electron chi connectivity index (χ0n) is 14.7. The van der Waals surface area contributed by atoms with Crippen LogP contribution < -0.4 is 5.32 Å². The predicted molar refractivity (Wildman–Crippen MR) is 106 cm³/mol. The van der Waals surface area contributed by atoms with E-state index in [1.165, 1.54) is 11.3 Å². The number of amides is 1. The molecule has 7 heteroatoms. The summed E-state index contributed by atoms with van der Waals surface area (Å²) in [4.78, 5) is 21.4. The molecular formula is C20H17N5OS. The summed E-state index contributed by atoms with van der Waals surface area (Å²) in [5.41, 5.74) is 4.06. The Balaban J connectivity index is 1.57. The van der Waals surface area contributed by atoms with Gasteiger partial charge in [0.2, 0.25) is 0 Å². The third-order valence-corrected chi connectivity index (χ3v) is 4.89. The van der Waals surface area contributed by atoms with Gasteiger partial charge in [0, 0.05) is 23.3 Å². The van der Waals surface area contributed by atoms with E-state index in [1.807, 2.05) is 54.8 Å². The molecule has 0 aliphatic carbocycles. The predicted octanol–water partition coefficient (Wildman–Crippen LogP) is 4.21. The third-order valence-electron chi connectivity index (χ3n) is 4.13. The highest BCUT2D eigenvalue weighted by Gasteiger charge is 2.18. The molecule has 0 aliphatic heterocycles. The lowest BCUT2D eigenvalue weighted by Crippen LogP contribution is -2.14. The number of hydrogen-bond acceptors (Lipinski definition) is 5. The minimum absolute atomic E-state index is 0.207. The Labute approximate surface area is 160 Å². The SMILES string of the molecule is CCc1c(C(=O)Nc2nc(-c3cccnc3)cs2)cnn1-c1ccccc1. The van der Waals surface area contributed by atoms with Gasteiger partial charge in [-0.05, 0) is 30.7 Å². The standard InChI is InChI=1S/C20H17N5OS/c1-2-18-16(12-22-25(18)15-8-4-3-5-9-15)19(26)24-20-23-17(13-27-20)14-7-6-10-21-11-14/h3-13H,2H2,1H3,(H,23,24,26). The van der Waals surface area contributed by atoms with E-state index in [1.54, 1.807) is 23.3 Å². The Morgan fingerprint density at radius 1 is 1.15 bits per heavy atom. The zero-order chi connectivity index (χ0) is 18.6. The van der Waals surface area contributed by atoms with Crippen LogP contribution in [0.2, 0.25) is 0 Å². The molecule has 0 bridgehead atoms. The van der Waals surface area contributed by atoms with Crippen LogP contribution in [0.5, 0.6) is 0 Å². The summed E-state index contributed by atoms with van der Waals surface area (Å²) in [5.74, 6) is -0.207. The molecule has 0 saturated heterocycles. The van der Waals surface area contributed by atoms with Crippen molar-refractivity contribution in [2.24, 2.45) is 0 Å². The number of carbonyl (C=O) groups excluding carboxylic acids is 1. The van der Waals surface area contributed by atoms with Gasteiger partial charge in [-0.2, -0.15) is 5.10 Å². The van der Waals surface area contributed by atoms with Gasteiger partial charge in [0.1, 0.15) is 0 Å². The lowest BCUT2D eigenvalue weighted by atomic mass is 10.2. The summed E-state index contributed by atoms with van der Waals surface area (Å²) in [5, 5.41) is 9.74. The average molecular weight is 375 g/mol. The highest BCUT2D eigenvalue weighted by atomic mass is 32.1. The lowest BCUT2D eigenvalue weighted by Gasteiger charge is -2.07. The maximum Gasteiger partial charge on any atom is 0.260 e. The fourth-order valence-electron chi connectivity index (χ4n) is 2.84. The van der Waals surface area contributed by atoms with Crippen LogP contribution in [-0.4, -0.2) is 25.7 Å². The third kappa shape index (κ3) is 3.50. The van der Waals surface area contributed by atoms with Gasteiger partial charge in [-0.25, -0.2) is 9.67 Å². The minimum Gasteiger partial charge on any atom is -0.298 e. The van der Waals surface area contributed by atoms with Crippen molar-refractivity contribution in [2.45, 2.75) is 13.3 Å². The Morgan fingerprint density at radius 3 is 2.74 bits per heavy atom. The molecule has 1 amide bonds. The van der Waals surface area contributed by atoms with Gasteiger partial charge in [-0.1, -0.05) is 25.1 Å². The highest BCUT2D eigenvalue weighted by Crippen LogP contribution is 2.25. The van der Waals surface area contributed by atoms with Crippen LogP contribution in [0, 0.1) is 0 Å². The van der Waals surface area contributed by atoms with E-state index < -0.39 is 0 Å². The van der Waals surface area contributed by atoms with Crippen LogP contribution in [0.3, 0.4) is 0 Å². The largest absolute Gasteiger partial charge is 0.298 e. The molecule has 0 unspecified atom stereocenters. The molecular weight excluding hydrogens is 358 g/mol. The smallest absolute Gasteiger partial charge is 0.260 e. The van der Waals surface area contributed by atoms with E-state index >= 15 is 0 Å². The van der Waals surface area contributed by atoms with Gasteiger partial charge >= 0.3 is 0 Å². The fraction of sp³-hybridized carbons (Fsp3) is 0.100. The van der Waals surface area contributed by atoms with Crippen LogP contribution >= 0.6 is 11.3 Å². The molecule has 27 heavy (non-hydrogen) atoms. The average Bonchev–Trinajstić information content (AvgIpc) is 3.36. The van der Waals surface area contributed by atoms with Crippen molar-refractivity contribution < 1.29 is 4.79 Å².